The van der Waals surface area contributed by atoms with Gasteiger partial charge in [-0.05, 0) is 62.3 Å². The van der Waals surface area contributed by atoms with Gasteiger partial charge in [0, 0.05) is 16.6 Å². The highest BCUT2D eigenvalue weighted by Gasteiger charge is 2.22. The molecular weight excluding hydrogens is 331 g/mol. The highest BCUT2D eigenvalue weighted by Crippen LogP contribution is 2.28. The average molecular weight is 351 g/mol. The van der Waals surface area contributed by atoms with Crippen LogP contribution in [0.3, 0.4) is 0 Å². The normalized spacial score (nSPS) is 23.2. The van der Waals surface area contributed by atoms with Crippen LogP contribution >= 0.6 is 23.2 Å². The Bertz CT molecular complexity index is 564. The first-order valence-corrected chi connectivity index (χ1v) is 9.30. The molecule has 0 unspecified atom stereocenters. The predicted octanol–water partition coefficient (Wildman–Crippen LogP) is 3.04. The largest absolute Gasteiger partial charge is 0.330 e. The fraction of sp³-hybridized carbons (Fsp3) is 0.571. The van der Waals surface area contributed by atoms with Crippen molar-refractivity contribution in [2.45, 2.75) is 30.6 Å². The van der Waals surface area contributed by atoms with Crippen LogP contribution in [-0.2, 0) is 10.0 Å². The predicted molar refractivity (Wildman–Crippen MR) is 86.2 cm³/mol. The molecule has 1 aromatic carbocycles. The number of benzene rings is 1. The van der Waals surface area contributed by atoms with Crippen LogP contribution < -0.4 is 10.5 Å². The molecule has 0 spiro atoms. The molecule has 0 amide bonds. The highest BCUT2D eigenvalue weighted by atomic mass is 35.5. The molecule has 1 aromatic rings. The summed E-state index contributed by atoms with van der Waals surface area (Å²) in [4.78, 5) is 0.107. The fourth-order valence-corrected chi connectivity index (χ4v) is 4.51. The summed E-state index contributed by atoms with van der Waals surface area (Å²) in [5, 5.41) is 0.623. The summed E-state index contributed by atoms with van der Waals surface area (Å²) in [5.74, 6) is 0.960. The quantitative estimate of drug-likeness (QED) is 0.856. The first-order valence-electron chi connectivity index (χ1n) is 7.06. The summed E-state index contributed by atoms with van der Waals surface area (Å²) >= 11 is 11.7. The van der Waals surface area contributed by atoms with E-state index in [1.54, 1.807) is 0 Å². The summed E-state index contributed by atoms with van der Waals surface area (Å²) in [6.45, 7) is 1.17. The van der Waals surface area contributed by atoms with E-state index in [0.717, 1.165) is 32.2 Å². The average Bonchev–Trinajstić information content (AvgIpc) is 2.45. The van der Waals surface area contributed by atoms with Gasteiger partial charge in [0.1, 0.15) is 0 Å². The Morgan fingerprint density at radius 1 is 1.05 bits per heavy atom. The number of rotatable bonds is 5. The lowest BCUT2D eigenvalue weighted by Gasteiger charge is -2.27. The minimum absolute atomic E-state index is 0.107. The van der Waals surface area contributed by atoms with Crippen LogP contribution in [0.4, 0.5) is 0 Å². The van der Waals surface area contributed by atoms with Gasteiger partial charge in [0.25, 0.3) is 0 Å². The second-order valence-electron chi connectivity index (χ2n) is 5.58. The van der Waals surface area contributed by atoms with E-state index in [1.807, 2.05) is 0 Å². The van der Waals surface area contributed by atoms with E-state index in [4.69, 9.17) is 28.9 Å². The zero-order valence-corrected chi connectivity index (χ0v) is 14.0. The van der Waals surface area contributed by atoms with Gasteiger partial charge in [-0.15, -0.1) is 0 Å². The maximum atomic E-state index is 12.3. The fourth-order valence-electron chi connectivity index (χ4n) is 2.67. The van der Waals surface area contributed by atoms with Crippen molar-refractivity contribution in [2.75, 3.05) is 13.1 Å². The van der Waals surface area contributed by atoms with E-state index in [2.05, 4.69) is 4.72 Å². The van der Waals surface area contributed by atoms with Crippen molar-refractivity contribution in [3.05, 3.63) is 28.2 Å². The smallest absolute Gasteiger partial charge is 0.240 e. The molecule has 0 aliphatic heterocycles. The third kappa shape index (κ3) is 4.83. The van der Waals surface area contributed by atoms with Crippen LogP contribution in [0.15, 0.2) is 23.1 Å². The van der Waals surface area contributed by atoms with Crippen molar-refractivity contribution in [1.29, 1.82) is 0 Å². The van der Waals surface area contributed by atoms with E-state index in [0.29, 0.717) is 28.4 Å². The Hall–Kier alpha value is -0.330. The molecule has 1 aliphatic carbocycles. The first-order chi connectivity index (χ1) is 9.90. The van der Waals surface area contributed by atoms with Crippen molar-refractivity contribution in [3.8, 4) is 0 Å². The molecule has 1 fully saturated rings. The van der Waals surface area contributed by atoms with Gasteiger partial charge < -0.3 is 5.73 Å². The number of nitrogens with two attached hydrogens (primary N) is 1. The van der Waals surface area contributed by atoms with Crippen molar-refractivity contribution < 1.29 is 8.42 Å². The van der Waals surface area contributed by atoms with Gasteiger partial charge in [0.15, 0.2) is 0 Å². The second-order valence-corrected chi connectivity index (χ2v) is 8.22. The Balaban J connectivity index is 1.95. The van der Waals surface area contributed by atoms with E-state index in [1.165, 1.54) is 18.2 Å². The van der Waals surface area contributed by atoms with Gasteiger partial charge in [-0.3, -0.25) is 0 Å². The number of hydrogen-bond acceptors (Lipinski definition) is 3. The standard InChI is InChI=1S/C14H20Cl2N2O2S/c15-12-5-13(16)7-14(6-12)21(19,20)18-9-11-3-1-10(8-17)2-4-11/h5-7,10-11,18H,1-4,8-9,17H2. The molecule has 4 nitrogen and oxygen atoms in total. The molecule has 0 radical (unpaired) electrons. The molecule has 21 heavy (non-hydrogen) atoms. The first kappa shape index (κ1) is 17.0. The van der Waals surface area contributed by atoms with Crippen LogP contribution in [0.1, 0.15) is 25.7 Å². The molecule has 0 saturated heterocycles. The molecule has 0 heterocycles. The van der Waals surface area contributed by atoms with E-state index < -0.39 is 10.0 Å². The second kappa shape index (κ2) is 7.29. The maximum absolute atomic E-state index is 12.3. The van der Waals surface area contributed by atoms with Gasteiger partial charge in [-0.1, -0.05) is 23.2 Å². The lowest BCUT2D eigenvalue weighted by molar-refractivity contribution is 0.280. The van der Waals surface area contributed by atoms with Gasteiger partial charge in [-0.2, -0.15) is 0 Å². The summed E-state index contributed by atoms with van der Waals surface area (Å²) in [5.41, 5.74) is 5.66. The van der Waals surface area contributed by atoms with E-state index >= 15 is 0 Å². The van der Waals surface area contributed by atoms with Crippen LogP contribution in [-0.4, -0.2) is 21.5 Å². The van der Waals surface area contributed by atoms with Crippen molar-refractivity contribution in [2.24, 2.45) is 17.6 Å². The van der Waals surface area contributed by atoms with Gasteiger partial charge >= 0.3 is 0 Å². The van der Waals surface area contributed by atoms with Crippen LogP contribution in [0.2, 0.25) is 10.0 Å². The lowest BCUT2D eigenvalue weighted by atomic mass is 9.82. The molecule has 2 rings (SSSR count). The molecule has 0 aromatic heterocycles. The Morgan fingerprint density at radius 2 is 1.57 bits per heavy atom. The minimum atomic E-state index is -3.57. The molecule has 118 valence electrons. The van der Waals surface area contributed by atoms with Crippen LogP contribution in [0.5, 0.6) is 0 Å². The molecule has 1 aliphatic rings. The third-order valence-electron chi connectivity index (χ3n) is 4.01. The summed E-state index contributed by atoms with van der Waals surface area (Å²) in [6, 6.07) is 4.32. The van der Waals surface area contributed by atoms with E-state index in [-0.39, 0.29) is 4.90 Å². The minimum Gasteiger partial charge on any atom is -0.330 e. The zero-order chi connectivity index (χ0) is 15.5. The Labute approximate surface area is 136 Å². The maximum Gasteiger partial charge on any atom is 0.240 e. The molecule has 7 heteroatoms. The molecule has 0 atom stereocenters. The van der Waals surface area contributed by atoms with Crippen molar-refractivity contribution >= 4 is 33.2 Å². The summed E-state index contributed by atoms with van der Waals surface area (Å²) < 4.78 is 27.2. The van der Waals surface area contributed by atoms with Crippen molar-refractivity contribution in [1.82, 2.24) is 4.72 Å². The molecule has 0 bridgehead atoms. The van der Waals surface area contributed by atoms with Crippen molar-refractivity contribution in [3.63, 3.8) is 0 Å². The summed E-state index contributed by atoms with van der Waals surface area (Å²) in [7, 11) is -3.57. The molecule has 1 saturated carbocycles. The van der Waals surface area contributed by atoms with Gasteiger partial charge in [0.2, 0.25) is 10.0 Å². The molecular formula is C14H20Cl2N2O2S. The Morgan fingerprint density at radius 3 is 2.10 bits per heavy atom. The monoisotopic (exact) mass is 350 g/mol. The zero-order valence-electron chi connectivity index (χ0n) is 11.7. The van der Waals surface area contributed by atoms with Crippen LogP contribution in [0, 0.1) is 11.8 Å². The number of halogens is 2. The molecule has 3 N–H and O–H groups in total. The highest BCUT2D eigenvalue weighted by molar-refractivity contribution is 7.89. The topological polar surface area (TPSA) is 72.2 Å². The third-order valence-corrected chi connectivity index (χ3v) is 5.85. The lowest BCUT2D eigenvalue weighted by Crippen LogP contribution is -2.32. The number of hydrogen-bond donors (Lipinski definition) is 2. The van der Waals surface area contributed by atoms with Gasteiger partial charge in [0.05, 0.1) is 4.90 Å². The van der Waals surface area contributed by atoms with Crippen LogP contribution in [0.25, 0.3) is 0 Å². The van der Waals surface area contributed by atoms with E-state index in [9.17, 15) is 8.42 Å². The summed E-state index contributed by atoms with van der Waals surface area (Å²) in [6.07, 6.45) is 4.18. The SMILES string of the molecule is NCC1CCC(CNS(=O)(=O)c2cc(Cl)cc(Cl)c2)CC1. The van der Waals surface area contributed by atoms with Gasteiger partial charge in [-0.25, -0.2) is 13.1 Å². The number of nitrogens with one attached hydrogen (secondary N) is 1. The Kier molecular flexibility index (Phi) is 5.91. The number of sulfonamides is 1.